The molecule has 7 heteroatoms. The summed E-state index contributed by atoms with van der Waals surface area (Å²) < 4.78 is 8.51. The van der Waals surface area contributed by atoms with Crippen LogP contribution in [0, 0.1) is 6.92 Å². The molecular formula is C18H16BrN3O3. The number of carboxylic acids is 1. The number of halogens is 1. The van der Waals surface area contributed by atoms with E-state index in [1.54, 1.807) is 23.1 Å². The second kappa shape index (κ2) is 7.48. The number of aromatic carboxylic acids is 1. The number of aryl methyl sites for hydroxylation is 1. The third-order valence-electron chi connectivity index (χ3n) is 3.69. The summed E-state index contributed by atoms with van der Waals surface area (Å²) in [4.78, 5) is 15.1. The molecule has 2 heterocycles. The molecule has 0 fully saturated rings. The van der Waals surface area contributed by atoms with Crippen molar-refractivity contribution in [2.24, 2.45) is 0 Å². The number of aromatic nitrogens is 3. The van der Waals surface area contributed by atoms with Gasteiger partial charge in [-0.05, 0) is 48.9 Å². The number of hydrogen-bond donors (Lipinski definition) is 1. The van der Waals surface area contributed by atoms with Crippen LogP contribution in [0.2, 0.25) is 0 Å². The van der Waals surface area contributed by atoms with E-state index in [0.717, 1.165) is 27.0 Å². The zero-order valence-corrected chi connectivity index (χ0v) is 15.1. The monoisotopic (exact) mass is 401 g/mol. The number of pyridine rings is 1. The van der Waals surface area contributed by atoms with Crippen molar-refractivity contribution in [2.45, 2.75) is 20.1 Å². The van der Waals surface area contributed by atoms with Gasteiger partial charge in [-0.2, -0.15) is 5.10 Å². The van der Waals surface area contributed by atoms with Gasteiger partial charge in [-0.3, -0.25) is 9.67 Å². The summed E-state index contributed by atoms with van der Waals surface area (Å²) in [6.45, 7) is 2.68. The lowest BCUT2D eigenvalue weighted by Gasteiger charge is -2.13. The van der Waals surface area contributed by atoms with Gasteiger partial charge in [-0.15, -0.1) is 0 Å². The van der Waals surface area contributed by atoms with E-state index >= 15 is 0 Å². The van der Waals surface area contributed by atoms with Crippen molar-refractivity contribution in [1.29, 1.82) is 0 Å². The fourth-order valence-corrected chi connectivity index (χ4v) is 2.80. The summed E-state index contributed by atoms with van der Waals surface area (Å²) in [6.07, 6.45) is 3.45. The van der Waals surface area contributed by atoms with Gasteiger partial charge in [0.2, 0.25) is 0 Å². The minimum absolute atomic E-state index is 0.0340. The minimum atomic E-state index is -1.04. The zero-order chi connectivity index (χ0) is 17.8. The molecule has 0 unspecified atom stereocenters. The maximum Gasteiger partial charge on any atom is 0.356 e. The molecule has 3 rings (SSSR count). The standard InChI is InChI=1S/C18H16BrN3O3/c1-12-8-16(18(23)24)21-22(12)10-14-9-15(19)2-3-17(14)25-11-13-4-6-20-7-5-13/h2-9H,10-11H2,1H3,(H,23,24). The van der Waals surface area contributed by atoms with Crippen LogP contribution < -0.4 is 4.74 Å². The molecule has 0 spiro atoms. The third-order valence-corrected chi connectivity index (χ3v) is 4.18. The Balaban J connectivity index is 1.83. The Morgan fingerprint density at radius 2 is 2.00 bits per heavy atom. The molecule has 3 aromatic rings. The third kappa shape index (κ3) is 4.24. The van der Waals surface area contributed by atoms with Crippen LogP contribution >= 0.6 is 15.9 Å². The van der Waals surface area contributed by atoms with Crippen LogP contribution in [0.25, 0.3) is 0 Å². The van der Waals surface area contributed by atoms with Gasteiger partial charge in [0.15, 0.2) is 5.69 Å². The second-order valence-electron chi connectivity index (χ2n) is 5.53. The Labute approximate surface area is 153 Å². The quantitative estimate of drug-likeness (QED) is 0.681. The SMILES string of the molecule is Cc1cc(C(=O)O)nn1Cc1cc(Br)ccc1OCc1ccncc1. The molecule has 128 valence electrons. The number of carbonyl (C=O) groups is 1. The maximum atomic E-state index is 11.1. The number of carboxylic acid groups (broad SMARTS) is 1. The normalized spacial score (nSPS) is 10.6. The molecule has 1 N–H and O–H groups in total. The van der Waals surface area contributed by atoms with Gasteiger partial charge in [0.05, 0.1) is 6.54 Å². The highest BCUT2D eigenvalue weighted by Gasteiger charge is 2.13. The summed E-state index contributed by atoms with van der Waals surface area (Å²) in [5.41, 5.74) is 2.74. The molecule has 0 amide bonds. The number of rotatable bonds is 6. The van der Waals surface area contributed by atoms with E-state index in [4.69, 9.17) is 9.84 Å². The average molecular weight is 402 g/mol. The predicted molar refractivity (Wildman–Crippen MR) is 95.7 cm³/mol. The summed E-state index contributed by atoms with van der Waals surface area (Å²) in [5.74, 6) is -0.308. The van der Waals surface area contributed by atoms with Gasteiger partial charge in [-0.25, -0.2) is 4.79 Å². The molecule has 0 aliphatic rings. The van der Waals surface area contributed by atoms with Crippen molar-refractivity contribution in [3.8, 4) is 5.75 Å². The highest BCUT2D eigenvalue weighted by atomic mass is 79.9. The van der Waals surface area contributed by atoms with Gasteiger partial charge in [-0.1, -0.05) is 15.9 Å². The van der Waals surface area contributed by atoms with Crippen LogP contribution in [0.1, 0.15) is 27.3 Å². The fraction of sp³-hybridized carbons (Fsp3) is 0.167. The average Bonchev–Trinajstić information content (AvgIpc) is 2.96. The van der Waals surface area contributed by atoms with Crippen molar-refractivity contribution in [1.82, 2.24) is 14.8 Å². The van der Waals surface area contributed by atoms with Gasteiger partial charge >= 0.3 is 5.97 Å². The van der Waals surface area contributed by atoms with Crippen molar-refractivity contribution >= 4 is 21.9 Å². The van der Waals surface area contributed by atoms with E-state index in [9.17, 15) is 4.79 Å². The fourth-order valence-electron chi connectivity index (χ4n) is 2.39. The topological polar surface area (TPSA) is 77.2 Å². The Morgan fingerprint density at radius 3 is 2.68 bits per heavy atom. The molecular weight excluding hydrogens is 386 g/mol. The highest BCUT2D eigenvalue weighted by Crippen LogP contribution is 2.25. The van der Waals surface area contributed by atoms with E-state index in [1.165, 1.54) is 0 Å². The van der Waals surface area contributed by atoms with Gasteiger partial charge < -0.3 is 9.84 Å². The molecule has 0 bridgehead atoms. The summed E-state index contributed by atoms with van der Waals surface area (Å²) in [7, 11) is 0. The molecule has 0 saturated carbocycles. The lowest BCUT2D eigenvalue weighted by atomic mass is 10.2. The summed E-state index contributed by atoms with van der Waals surface area (Å²) in [6, 6.07) is 11.1. The van der Waals surface area contributed by atoms with E-state index < -0.39 is 5.97 Å². The first-order valence-electron chi connectivity index (χ1n) is 7.61. The van der Waals surface area contributed by atoms with Crippen LogP contribution in [0.4, 0.5) is 0 Å². The maximum absolute atomic E-state index is 11.1. The Morgan fingerprint density at radius 1 is 1.24 bits per heavy atom. The Kier molecular flexibility index (Phi) is 5.14. The van der Waals surface area contributed by atoms with Gasteiger partial charge in [0, 0.05) is 28.1 Å². The molecule has 0 aliphatic carbocycles. The van der Waals surface area contributed by atoms with Gasteiger partial charge in [0.1, 0.15) is 12.4 Å². The highest BCUT2D eigenvalue weighted by molar-refractivity contribution is 9.10. The lowest BCUT2D eigenvalue weighted by Crippen LogP contribution is -2.08. The van der Waals surface area contributed by atoms with Crippen molar-refractivity contribution in [3.63, 3.8) is 0 Å². The molecule has 25 heavy (non-hydrogen) atoms. The van der Waals surface area contributed by atoms with E-state index in [0.29, 0.717) is 13.2 Å². The van der Waals surface area contributed by atoms with Crippen LogP contribution in [-0.4, -0.2) is 25.8 Å². The van der Waals surface area contributed by atoms with Crippen molar-refractivity contribution in [3.05, 3.63) is 75.8 Å². The molecule has 0 atom stereocenters. The Hall–Kier alpha value is -2.67. The molecule has 6 nitrogen and oxygen atoms in total. The minimum Gasteiger partial charge on any atom is -0.489 e. The van der Waals surface area contributed by atoms with Crippen LogP contribution in [0.5, 0.6) is 5.75 Å². The van der Waals surface area contributed by atoms with Crippen molar-refractivity contribution in [2.75, 3.05) is 0 Å². The van der Waals surface area contributed by atoms with E-state index in [1.807, 2.05) is 37.3 Å². The molecule has 0 aliphatic heterocycles. The molecule has 2 aromatic heterocycles. The molecule has 1 aromatic carbocycles. The second-order valence-corrected chi connectivity index (χ2v) is 6.45. The predicted octanol–water partition coefficient (Wildman–Crippen LogP) is 3.67. The number of hydrogen-bond acceptors (Lipinski definition) is 4. The molecule has 0 saturated heterocycles. The lowest BCUT2D eigenvalue weighted by molar-refractivity contribution is 0.0689. The first-order valence-corrected chi connectivity index (χ1v) is 8.40. The first kappa shape index (κ1) is 17.2. The van der Waals surface area contributed by atoms with Crippen molar-refractivity contribution < 1.29 is 14.6 Å². The van der Waals surface area contributed by atoms with Crippen LogP contribution in [-0.2, 0) is 13.2 Å². The van der Waals surface area contributed by atoms with Gasteiger partial charge in [0.25, 0.3) is 0 Å². The number of ether oxygens (including phenoxy) is 1. The Bertz CT molecular complexity index is 894. The van der Waals surface area contributed by atoms with E-state index in [-0.39, 0.29) is 5.69 Å². The van der Waals surface area contributed by atoms with Crippen LogP contribution in [0.3, 0.4) is 0 Å². The smallest absolute Gasteiger partial charge is 0.356 e. The van der Waals surface area contributed by atoms with Crippen LogP contribution in [0.15, 0.2) is 53.3 Å². The largest absolute Gasteiger partial charge is 0.489 e. The number of benzene rings is 1. The number of nitrogens with zero attached hydrogens (tertiary/aromatic N) is 3. The van der Waals surface area contributed by atoms with E-state index in [2.05, 4.69) is 26.0 Å². The molecule has 0 radical (unpaired) electrons. The zero-order valence-electron chi connectivity index (χ0n) is 13.5. The first-order chi connectivity index (χ1) is 12.0. The summed E-state index contributed by atoms with van der Waals surface area (Å²) >= 11 is 3.47. The summed E-state index contributed by atoms with van der Waals surface area (Å²) in [5, 5.41) is 13.2.